The second-order valence-corrected chi connectivity index (χ2v) is 4.55. The molecule has 0 aliphatic carbocycles. The predicted octanol–water partition coefficient (Wildman–Crippen LogP) is 0.713. The fourth-order valence-electron chi connectivity index (χ4n) is 1.88. The summed E-state index contributed by atoms with van der Waals surface area (Å²) in [5.41, 5.74) is 2.71. The van der Waals surface area contributed by atoms with Crippen molar-refractivity contribution < 1.29 is 4.74 Å². The van der Waals surface area contributed by atoms with E-state index in [1.165, 1.54) is 0 Å². The number of rotatable bonds is 2. The maximum Gasteiger partial charge on any atom is 0.209 e. The molecule has 2 atom stereocenters. The molecule has 0 bridgehead atoms. The van der Waals surface area contributed by atoms with E-state index in [1.807, 2.05) is 13.8 Å². The minimum atomic E-state index is 0.230. The summed E-state index contributed by atoms with van der Waals surface area (Å²) in [6.45, 7) is 9.90. The second kappa shape index (κ2) is 6.06. The van der Waals surface area contributed by atoms with Gasteiger partial charge in [0, 0.05) is 12.6 Å². The highest BCUT2D eigenvalue weighted by Crippen LogP contribution is 2.14. The molecule has 16 heavy (non-hydrogen) atoms. The number of guanidine groups is 1. The number of aliphatic imine (C=N–C) groups is 1. The van der Waals surface area contributed by atoms with Crippen LogP contribution in [0, 0.1) is 0 Å². The fraction of sp³-hybridized carbons (Fsp3) is 0.909. The lowest BCUT2D eigenvalue weighted by molar-refractivity contribution is -0.0298. The summed E-state index contributed by atoms with van der Waals surface area (Å²) in [5.74, 6) is 6.33. The van der Waals surface area contributed by atoms with Crippen molar-refractivity contribution in [1.29, 1.82) is 0 Å². The lowest BCUT2D eigenvalue weighted by Crippen LogP contribution is -2.56. The number of nitrogens with one attached hydrogen (secondary N) is 1. The molecule has 5 nitrogen and oxygen atoms in total. The molecule has 1 fully saturated rings. The lowest BCUT2D eigenvalue weighted by Gasteiger charge is -2.40. The average molecular weight is 228 g/mol. The number of ether oxygens (including phenoxy) is 1. The summed E-state index contributed by atoms with van der Waals surface area (Å²) < 4.78 is 5.65. The average Bonchev–Trinajstić information content (AvgIpc) is 2.25. The van der Waals surface area contributed by atoms with Gasteiger partial charge in [-0.15, -0.1) is 0 Å². The van der Waals surface area contributed by atoms with E-state index in [0.717, 1.165) is 25.5 Å². The van der Waals surface area contributed by atoms with Gasteiger partial charge in [0.05, 0.1) is 18.8 Å². The highest BCUT2D eigenvalue weighted by Gasteiger charge is 2.27. The van der Waals surface area contributed by atoms with Crippen molar-refractivity contribution in [2.75, 3.05) is 13.2 Å². The largest absolute Gasteiger partial charge is 0.375 e. The van der Waals surface area contributed by atoms with E-state index in [-0.39, 0.29) is 12.1 Å². The van der Waals surface area contributed by atoms with Crippen LogP contribution in [0.25, 0.3) is 0 Å². The number of hydrogen-bond acceptors (Lipinski definition) is 3. The van der Waals surface area contributed by atoms with E-state index in [2.05, 4.69) is 29.2 Å². The molecular weight excluding hydrogens is 204 g/mol. The monoisotopic (exact) mass is 228 g/mol. The second-order valence-electron chi connectivity index (χ2n) is 4.55. The first-order valence-corrected chi connectivity index (χ1v) is 6.01. The first-order valence-electron chi connectivity index (χ1n) is 6.01. The van der Waals surface area contributed by atoms with E-state index in [4.69, 9.17) is 10.6 Å². The van der Waals surface area contributed by atoms with Crippen LogP contribution in [-0.4, -0.2) is 42.2 Å². The molecule has 0 aromatic carbocycles. The summed E-state index contributed by atoms with van der Waals surface area (Å²) in [7, 11) is 0. The maximum absolute atomic E-state index is 5.65. The van der Waals surface area contributed by atoms with Gasteiger partial charge in [0.25, 0.3) is 0 Å². The maximum atomic E-state index is 5.65. The normalized spacial score (nSPS) is 27.4. The van der Waals surface area contributed by atoms with Crippen molar-refractivity contribution in [3.63, 3.8) is 0 Å². The Hall–Kier alpha value is -0.810. The van der Waals surface area contributed by atoms with Gasteiger partial charge in [0.15, 0.2) is 0 Å². The Kier molecular flexibility index (Phi) is 5.02. The Morgan fingerprint density at radius 1 is 1.62 bits per heavy atom. The van der Waals surface area contributed by atoms with E-state index in [9.17, 15) is 0 Å². The van der Waals surface area contributed by atoms with Crippen molar-refractivity contribution in [2.24, 2.45) is 10.8 Å². The molecule has 94 valence electrons. The summed E-state index contributed by atoms with van der Waals surface area (Å²) in [6, 6.07) is 0.603. The fourth-order valence-corrected chi connectivity index (χ4v) is 1.88. The lowest BCUT2D eigenvalue weighted by atomic mass is 10.1. The summed E-state index contributed by atoms with van der Waals surface area (Å²) >= 11 is 0. The first-order chi connectivity index (χ1) is 7.58. The van der Waals surface area contributed by atoms with Gasteiger partial charge in [-0.2, -0.15) is 0 Å². The van der Waals surface area contributed by atoms with Gasteiger partial charge < -0.3 is 9.64 Å². The molecule has 0 radical (unpaired) electrons. The Bertz CT molecular complexity index is 242. The molecule has 0 spiro atoms. The zero-order valence-corrected chi connectivity index (χ0v) is 10.7. The minimum Gasteiger partial charge on any atom is -0.375 e. The SMILES string of the molecule is CCC1COC(C)CN1C(=NC(C)C)NN. The van der Waals surface area contributed by atoms with Crippen molar-refractivity contribution in [3.8, 4) is 0 Å². The predicted molar refractivity (Wildman–Crippen MR) is 66.1 cm³/mol. The van der Waals surface area contributed by atoms with E-state index < -0.39 is 0 Å². The highest BCUT2D eigenvalue weighted by molar-refractivity contribution is 5.80. The number of nitrogens with zero attached hydrogens (tertiary/aromatic N) is 2. The van der Waals surface area contributed by atoms with Crippen LogP contribution in [0.3, 0.4) is 0 Å². The van der Waals surface area contributed by atoms with Crippen LogP contribution in [0.2, 0.25) is 0 Å². The van der Waals surface area contributed by atoms with Gasteiger partial charge in [0.1, 0.15) is 0 Å². The zero-order chi connectivity index (χ0) is 12.1. The smallest absolute Gasteiger partial charge is 0.209 e. The molecule has 1 heterocycles. The van der Waals surface area contributed by atoms with Gasteiger partial charge in [0.2, 0.25) is 5.96 Å². The van der Waals surface area contributed by atoms with Crippen molar-refractivity contribution in [3.05, 3.63) is 0 Å². The third-order valence-corrected chi connectivity index (χ3v) is 2.72. The molecule has 3 N–H and O–H groups in total. The third kappa shape index (κ3) is 3.35. The molecule has 1 saturated heterocycles. The first kappa shape index (κ1) is 13.3. The van der Waals surface area contributed by atoms with Crippen molar-refractivity contribution in [2.45, 2.75) is 52.3 Å². The van der Waals surface area contributed by atoms with Gasteiger partial charge in [-0.05, 0) is 27.2 Å². The van der Waals surface area contributed by atoms with Crippen LogP contribution in [0.4, 0.5) is 0 Å². The number of nitrogens with two attached hydrogens (primary N) is 1. The Balaban J connectivity index is 2.78. The van der Waals surface area contributed by atoms with Gasteiger partial charge in [-0.1, -0.05) is 6.92 Å². The Labute approximate surface area is 98.0 Å². The summed E-state index contributed by atoms with van der Waals surface area (Å²) in [6.07, 6.45) is 1.26. The van der Waals surface area contributed by atoms with Crippen LogP contribution < -0.4 is 11.3 Å². The van der Waals surface area contributed by atoms with Crippen LogP contribution in [0.5, 0.6) is 0 Å². The quantitative estimate of drug-likeness (QED) is 0.316. The molecule has 2 unspecified atom stereocenters. The molecule has 0 aromatic heterocycles. The molecular formula is C11H24N4O. The van der Waals surface area contributed by atoms with Crippen LogP contribution in [0.15, 0.2) is 4.99 Å². The van der Waals surface area contributed by atoms with E-state index in [0.29, 0.717) is 6.04 Å². The number of hydrogen-bond donors (Lipinski definition) is 2. The highest BCUT2D eigenvalue weighted by atomic mass is 16.5. The topological polar surface area (TPSA) is 62.9 Å². The number of hydrazine groups is 1. The minimum absolute atomic E-state index is 0.230. The Morgan fingerprint density at radius 3 is 2.81 bits per heavy atom. The standard InChI is InChI=1S/C11H24N4O/c1-5-10-7-16-9(4)6-15(10)11(14-12)13-8(2)3/h8-10H,5-7,12H2,1-4H3,(H,13,14). The van der Waals surface area contributed by atoms with Crippen LogP contribution in [-0.2, 0) is 4.74 Å². The van der Waals surface area contributed by atoms with E-state index >= 15 is 0 Å². The molecule has 0 saturated carbocycles. The molecule has 1 rings (SSSR count). The van der Waals surface area contributed by atoms with Gasteiger partial charge in [-0.25, -0.2) is 10.8 Å². The number of morpholine rings is 1. The van der Waals surface area contributed by atoms with Crippen LogP contribution >= 0.6 is 0 Å². The zero-order valence-electron chi connectivity index (χ0n) is 10.7. The molecule has 1 aliphatic heterocycles. The molecule has 1 aliphatic rings. The van der Waals surface area contributed by atoms with Gasteiger partial charge >= 0.3 is 0 Å². The van der Waals surface area contributed by atoms with Gasteiger partial charge in [-0.3, -0.25) is 5.43 Å². The van der Waals surface area contributed by atoms with Crippen LogP contribution in [0.1, 0.15) is 34.1 Å². The third-order valence-electron chi connectivity index (χ3n) is 2.72. The van der Waals surface area contributed by atoms with Crippen molar-refractivity contribution in [1.82, 2.24) is 10.3 Å². The Morgan fingerprint density at radius 2 is 2.31 bits per heavy atom. The molecule has 0 amide bonds. The molecule has 5 heteroatoms. The van der Waals surface area contributed by atoms with E-state index in [1.54, 1.807) is 0 Å². The van der Waals surface area contributed by atoms with Crippen molar-refractivity contribution >= 4 is 5.96 Å². The summed E-state index contributed by atoms with van der Waals surface area (Å²) in [4.78, 5) is 6.72. The molecule has 0 aromatic rings. The summed E-state index contributed by atoms with van der Waals surface area (Å²) in [5, 5.41) is 0.